The highest BCUT2D eigenvalue weighted by Gasteiger charge is 2.15. The second-order valence-corrected chi connectivity index (χ2v) is 17.2. The highest BCUT2D eigenvalue weighted by molar-refractivity contribution is 4.54. The number of nitrogens with zero attached hydrogens (tertiary/aromatic N) is 2. The van der Waals surface area contributed by atoms with Gasteiger partial charge in [0.2, 0.25) is 0 Å². The average molecular weight is 771 g/mol. The molecule has 0 aromatic rings. The van der Waals surface area contributed by atoms with Crippen LogP contribution in [0.3, 0.4) is 0 Å². The Hall–Kier alpha value is -0.240. The average Bonchev–Trinajstić information content (AvgIpc) is 3.16. The van der Waals surface area contributed by atoms with E-state index in [9.17, 15) is 15.5 Å². The van der Waals surface area contributed by atoms with Crippen molar-refractivity contribution >= 4 is 0 Å². The molecule has 1 unspecified atom stereocenters. The lowest BCUT2D eigenvalue weighted by Gasteiger charge is -2.42. The Labute approximate surface area is 340 Å². The molecule has 0 amide bonds. The van der Waals surface area contributed by atoms with Crippen molar-refractivity contribution in [2.45, 2.75) is 259 Å². The Kier molecular flexibility index (Phi) is 47.0. The third-order valence-corrected chi connectivity index (χ3v) is 11.8. The minimum atomic E-state index is -0.214. The minimum absolute atomic E-state index is 0.00952. The summed E-state index contributed by atoms with van der Waals surface area (Å²) in [5.74, 6) is 0. The Balaban J connectivity index is 0. The van der Waals surface area contributed by atoms with Crippen molar-refractivity contribution in [3.63, 3.8) is 0 Å². The molecule has 0 aliphatic heterocycles. The number of rotatable bonds is 44. The number of likely N-dealkylation sites (N-methyl/N-ethyl adjacent to an activating group) is 1. The zero-order chi connectivity index (χ0) is 40.1. The van der Waals surface area contributed by atoms with E-state index in [2.05, 4.69) is 20.8 Å². The molecule has 0 fully saturated rings. The van der Waals surface area contributed by atoms with Crippen molar-refractivity contribution in [1.82, 2.24) is 0 Å². The molecule has 0 aromatic carbocycles. The van der Waals surface area contributed by atoms with E-state index in [4.69, 9.17) is 5.11 Å². The highest BCUT2D eigenvalue weighted by Crippen LogP contribution is 2.17. The fraction of sp³-hybridized carbons (Fsp3) is 1.00. The van der Waals surface area contributed by atoms with Crippen LogP contribution in [0.15, 0.2) is 0 Å². The predicted molar refractivity (Wildman–Crippen MR) is 240 cm³/mol. The lowest BCUT2D eigenvalue weighted by molar-refractivity contribution is -0.881. The summed E-state index contributed by atoms with van der Waals surface area (Å²) in [6.45, 7) is 12.2. The number of unbranched alkanes of at least 4 members (excludes halogenated alkanes) is 33. The predicted octanol–water partition coefficient (Wildman–Crippen LogP) is 14.7. The molecule has 0 bridgehead atoms. The molecule has 0 aromatic heterocycles. The van der Waals surface area contributed by atoms with Gasteiger partial charge in [0.1, 0.15) is 13.1 Å². The number of aliphatic hydroxyl groups excluding tert-OH is 2. The zero-order valence-corrected chi connectivity index (χ0v) is 37.7. The number of hydrogen-bond donors (Lipinski definition) is 2. The fourth-order valence-corrected chi connectivity index (χ4v) is 7.85. The molecule has 0 radical (unpaired) electrons. The number of aliphatic hydroxyl groups is 2. The molecule has 0 spiro atoms. The van der Waals surface area contributed by atoms with Crippen LogP contribution < -0.4 is 0 Å². The minimum Gasteiger partial charge on any atom is -0.633 e. The molecule has 6 nitrogen and oxygen atoms in total. The number of quaternary nitrogens is 2. The van der Waals surface area contributed by atoms with Gasteiger partial charge in [0.25, 0.3) is 0 Å². The van der Waals surface area contributed by atoms with Crippen molar-refractivity contribution in [2.24, 2.45) is 0 Å². The topological polar surface area (TPSA) is 86.6 Å². The lowest BCUT2D eigenvalue weighted by atomic mass is 10.0. The van der Waals surface area contributed by atoms with Gasteiger partial charge in [-0.05, 0) is 45.4 Å². The molecule has 328 valence electrons. The van der Waals surface area contributed by atoms with E-state index in [0.29, 0.717) is 39.3 Å². The van der Waals surface area contributed by atoms with Crippen molar-refractivity contribution in [3.05, 3.63) is 10.4 Å². The van der Waals surface area contributed by atoms with Crippen LogP contribution >= 0.6 is 0 Å². The standard InChI is InChI=1S/C30H63NO2.C18H39NO2/c1-3-5-7-9-11-13-15-17-19-21-23-25-27-31(33,29-30-32)28-26-24-22-20-18-16-14-12-10-8-6-4-2;1-3-5-6-7-8-9-10-11-12-13-14-15-16-19(21,4-2)17-18-20/h32H,3-30H2,1-2H3;20H,3-18H2,1-2H3. The first-order valence-corrected chi connectivity index (χ1v) is 24.7. The van der Waals surface area contributed by atoms with Gasteiger partial charge in [-0.2, -0.15) is 0 Å². The van der Waals surface area contributed by atoms with Crippen molar-refractivity contribution in [2.75, 3.05) is 52.5 Å². The van der Waals surface area contributed by atoms with Crippen LogP contribution in [-0.4, -0.2) is 72.0 Å². The number of hydrogen-bond acceptors (Lipinski definition) is 4. The van der Waals surface area contributed by atoms with Crippen molar-refractivity contribution in [1.29, 1.82) is 0 Å². The van der Waals surface area contributed by atoms with Gasteiger partial charge in [-0.1, -0.05) is 213 Å². The van der Waals surface area contributed by atoms with Crippen LogP contribution in [0, 0.1) is 10.4 Å². The normalized spacial score (nSPS) is 12.9. The van der Waals surface area contributed by atoms with Crippen LogP contribution in [0.5, 0.6) is 0 Å². The Morgan fingerprint density at radius 2 is 0.444 bits per heavy atom. The van der Waals surface area contributed by atoms with Crippen LogP contribution in [0.1, 0.15) is 259 Å². The van der Waals surface area contributed by atoms with Crippen molar-refractivity contribution in [3.8, 4) is 0 Å². The fourth-order valence-electron chi connectivity index (χ4n) is 7.85. The Bertz CT molecular complexity index is 653. The third kappa shape index (κ3) is 42.9. The third-order valence-electron chi connectivity index (χ3n) is 11.8. The molecule has 0 rings (SSSR count). The molecule has 0 aliphatic carbocycles. The monoisotopic (exact) mass is 771 g/mol. The van der Waals surface area contributed by atoms with E-state index in [0.717, 1.165) is 19.3 Å². The molecule has 6 heteroatoms. The molecule has 54 heavy (non-hydrogen) atoms. The van der Waals surface area contributed by atoms with Gasteiger partial charge in [0.05, 0.1) is 39.4 Å². The maximum absolute atomic E-state index is 13.0. The first kappa shape index (κ1) is 55.9. The van der Waals surface area contributed by atoms with E-state index >= 15 is 0 Å². The summed E-state index contributed by atoms with van der Waals surface area (Å²) in [4.78, 5) is 0. The molecular formula is C48H102N2O4. The lowest BCUT2D eigenvalue weighted by Crippen LogP contribution is -2.45. The van der Waals surface area contributed by atoms with Gasteiger partial charge in [0.15, 0.2) is 0 Å². The molecule has 2 N–H and O–H groups in total. The second-order valence-electron chi connectivity index (χ2n) is 17.2. The van der Waals surface area contributed by atoms with Crippen LogP contribution in [0.4, 0.5) is 0 Å². The second kappa shape index (κ2) is 45.5. The molecule has 0 saturated carbocycles. The summed E-state index contributed by atoms with van der Waals surface area (Å²) in [5.41, 5.74) is 0. The quantitative estimate of drug-likeness (QED) is 0.0367. The summed E-state index contributed by atoms with van der Waals surface area (Å²) in [6.07, 6.45) is 47.7. The van der Waals surface area contributed by atoms with E-state index in [-0.39, 0.29) is 22.5 Å². The van der Waals surface area contributed by atoms with E-state index in [1.807, 2.05) is 6.92 Å². The van der Waals surface area contributed by atoms with Gasteiger partial charge < -0.3 is 29.9 Å². The van der Waals surface area contributed by atoms with Crippen LogP contribution in [-0.2, 0) is 0 Å². The van der Waals surface area contributed by atoms with Gasteiger partial charge in [0, 0.05) is 0 Å². The molecule has 0 aliphatic rings. The van der Waals surface area contributed by atoms with Gasteiger partial charge in [-0.15, -0.1) is 0 Å². The number of hydroxylamine groups is 6. The highest BCUT2D eigenvalue weighted by atomic mass is 16.5. The summed E-state index contributed by atoms with van der Waals surface area (Å²) in [7, 11) is 0. The van der Waals surface area contributed by atoms with Gasteiger partial charge >= 0.3 is 0 Å². The first-order valence-electron chi connectivity index (χ1n) is 24.7. The van der Waals surface area contributed by atoms with E-state index < -0.39 is 0 Å². The summed E-state index contributed by atoms with van der Waals surface area (Å²) in [6, 6.07) is 0. The maximum Gasteiger partial charge on any atom is 0.102 e. The molecular weight excluding hydrogens is 669 g/mol. The molecule has 0 heterocycles. The van der Waals surface area contributed by atoms with Gasteiger partial charge in [-0.25, -0.2) is 0 Å². The largest absolute Gasteiger partial charge is 0.633 e. The van der Waals surface area contributed by atoms with Gasteiger partial charge in [-0.3, -0.25) is 0 Å². The van der Waals surface area contributed by atoms with Crippen molar-refractivity contribution < 1.29 is 19.5 Å². The summed E-state index contributed by atoms with van der Waals surface area (Å²) >= 11 is 0. The molecule has 1 atom stereocenters. The summed E-state index contributed by atoms with van der Waals surface area (Å²) < 4.78 is -0.375. The van der Waals surface area contributed by atoms with E-state index in [1.165, 1.54) is 212 Å². The van der Waals surface area contributed by atoms with Crippen LogP contribution in [0.25, 0.3) is 0 Å². The SMILES string of the molecule is CCCCCCCCCCCCCC[N+]([O-])(CC)CCO.CCCCCCCCCCCCCC[N+]([O-])(CCO)CCCCCCCCCCCCCC. The Morgan fingerprint density at radius 1 is 0.259 bits per heavy atom. The van der Waals surface area contributed by atoms with Crippen LogP contribution in [0.2, 0.25) is 0 Å². The maximum atomic E-state index is 13.0. The molecule has 0 saturated heterocycles. The smallest absolute Gasteiger partial charge is 0.102 e. The summed E-state index contributed by atoms with van der Waals surface area (Å²) in [5, 5.41) is 43.5. The zero-order valence-electron chi connectivity index (χ0n) is 37.7. The Morgan fingerprint density at radius 3 is 0.648 bits per heavy atom. The first-order chi connectivity index (χ1) is 26.4. The van der Waals surface area contributed by atoms with E-state index in [1.54, 1.807) is 0 Å².